The Morgan fingerprint density at radius 3 is 2.50 bits per heavy atom. The van der Waals surface area contributed by atoms with E-state index in [2.05, 4.69) is 4.98 Å². The molecule has 0 radical (unpaired) electrons. The molecule has 8 nitrogen and oxygen atoms in total. The molecule has 0 aliphatic rings. The smallest absolute Gasteiger partial charge is 0.340 e. The summed E-state index contributed by atoms with van der Waals surface area (Å²) < 4.78 is 32.1. The lowest BCUT2D eigenvalue weighted by Crippen LogP contribution is -2.29. The second kappa shape index (κ2) is 6.06. The van der Waals surface area contributed by atoms with E-state index in [1.165, 1.54) is 20.2 Å². The Bertz CT molecular complexity index is 879. The number of imidazole rings is 1. The lowest BCUT2D eigenvalue weighted by atomic mass is 9.99. The molecular formula is C15H22N4O4S. The van der Waals surface area contributed by atoms with E-state index >= 15 is 0 Å². The normalized spacial score (nSPS) is 12.8. The number of ether oxygens (including phenoxy) is 1. The van der Waals surface area contributed by atoms with Gasteiger partial charge in [-0.05, 0) is 17.5 Å². The molecule has 1 aromatic heterocycles. The zero-order valence-corrected chi connectivity index (χ0v) is 15.2. The standard InChI is InChI=1S/C15H22N4O4S/c1-15(2,3)9-23-13(20)10-7-6-8-11-12(10)17-14(16)19(11)24(21,22)18(4)5/h6-8H,9H2,1-5H3,(H2,16,17). The van der Waals surface area contributed by atoms with Crippen molar-refractivity contribution in [3.8, 4) is 0 Å². The lowest BCUT2D eigenvalue weighted by molar-refractivity contribution is 0.0369. The molecule has 0 aliphatic heterocycles. The quantitative estimate of drug-likeness (QED) is 0.833. The Morgan fingerprint density at radius 2 is 1.96 bits per heavy atom. The maximum Gasteiger partial charge on any atom is 0.340 e. The van der Waals surface area contributed by atoms with Gasteiger partial charge in [-0.2, -0.15) is 16.7 Å². The van der Waals surface area contributed by atoms with E-state index in [0.29, 0.717) is 0 Å². The van der Waals surface area contributed by atoms with Crippen LogP contribution in [0.4, 0.5) is 5.95 Å². The first-order valence-corrected chi connectivity index (χ1v) is 8.72. The van der Waals surface area contributed by atoms with Gasteiger partial charge in [0.2, 0.25) is 5.95 Å². The van der Waals surface area contributed by atoms with Crippen LogP contribution in [-0.4, -0.2) is 48.4 Å². The maximum absolute atomic E-state index is 12.4. The van der Waals surface area contributed by atoms with Crippen molar-refractivity contribution in [3.05, 3.63) is 23.8 Å². The minimum Gasteiger partial charge on any atom is -0.461 e. The summed E-state index contributed by atoms with van der Waals surface area (Å²) in [5.41, 5.74) is 6.20. The minimum atomic E-state index is -3.86. The first-order chi connectivity index (χ1) is 10.9. The Kier molecular flexibility index (Phi) is 4.60. The average Bonchev–Trinajstić information content (AvgIpc) is 2.79. The van der Waals surface area contributed by atoms with E-state index in [4.69, 9.17) is 10.5 Å². The molecule has 132 valence electrons. The molecule has 0 bridgehead atoms. The Labute approximate surface area is 141 Å². The SMILES string of the molecule is CN(C)S(=O)(=O)n1c(N)nc2c(C(=O)OCC(C)(C)C)cccc21. The zero-order valence-electron chi connectivity index (χ0n) is 14.4. The fraction of sp³-hybridized carbons (Fsp3) is 0.467. The largest absolute Gasteiger partial charge is 0.461 e. The highest BCUT2D eigenvalue weighted by molar-refractivity contribution is 7.87. The molecular weight excluding hydrogens is 332 g/mol. The fourth-order valence-electron chi connectivity index (χ4n) is 2.03. The highest BCUT2D eigenvalue weighted by atomic mass is 32.2. The number of benzene rings is 1. The number of fused-ring (bicyclic) bond motifs is 1. The number of para-hydroxylation sites is 1. The predicted molar refractivity (Wildman–Crippen MR) is 91.9 cm³/mol. The van der Waals surface area contributed by atoms with Gasteiger partial charge in [-0.1, -0.05) is 26.8 Å². The van der Waals surface area contributed by atoms with Crippen LogP contribution >= 0.6 is 0 Å². The molecule has 2 rings (SSSR count). The van der Waals surface area contributed by atoms with Crippen molar-refractivity contribution < 1.29 is 17.9 Å². The highest BCUT2D eigenvalue weighted by Crippen LogP contribution is 2.25. The first-order valence-electron chi connectivity index (χ1n) is 7.32. The number of nitrogens with two attached hydrogens (primary N) is 1. The van der Waals surface area contributed by atoms with Gasteiger partial charge >= 0.3 is 16.2 Å². The fourth-order valence-corrected chi connectivity index (χ4v) is 3.03. The van der Waals surface area contributed by atoms with Crippen LogP contribution in [-0.2, 0) is 14.9 Å². The molecule has 0 saturated heterocycles. The van der Waals surface area contributed by atoms with Gasteiger partial charge in [0.25, 0.3) is 0 Å². The van der Waals surface area contributed by atoms with E-state index < -0.39 is 16.2 Å². The van der Waals surface area contributed by atoms with E-state index in [-0.39, 0.29) is 34.6 Å². The van der Waals surface area contributed by atoms with E-state index in [0.717, 1.165) is 8.28 Å². The second-order valence-corrected chi connectivity index (χ2v) is 8.83. The van der Waals surface area contributed by atoms with Gasteiger partial charge in [-0.25, -0.2) is 9.78 Å². The van der Waals surface area contributed by atoms with E-state index in [1.807, 2.05) is 20.8 Å². The third-order valence-electron chi connectivity index (χ3n) is 3.22. The zero-order chi connectivity index (χ0) is 18.3. The molecule has 24 heavy (non-hydrogen) atoms. The molecule has 0 fully saturated rings. The number of hydrogen-bond acceptors (Lipinski definition) is 6. The molecule has 0 spiro atoms. The molecule has 0 saturated carbocycles. The van der Waals surface area contributed by atoms with Crippen molar-refractivity contribution in [3.63, 3.8) is 0 Å². The average molecular weight is 354 g/mol. The topological polar surface area (TPSA) is 108 Å². The highest BCUT2D eigenvalue weighted by Gasteiger charge is 2.26. The van der Waals surface area contributed by atoms with Gasteiger partial charge in [0.1, 0.15) is 5.52 Å². The van der Waals surface area contributed by atoms with Crippen LogP contribution < -0.4 is 5.73 Å². The number of carbonyl (C=O) groups is 1. The number of carbonyl (C=O) groups excluding carboxylic acids is 1. The van der Waals surface area contributed by atoms with Crippen molar-refractivity contribution in [1.29, 1.82) is 0 Å². The number of nitrogen functional groups attached to an aromatic ring is 1. The molecule has 0 atom stereocenters. The van der Waals surface area contributed by atoms with Gasteiger partial charge in [0.15, 0.2) is 0 Å². The second-order valence-electron chi connectivity index (χ2n) is 6.83. The Balaban J connectivity index is 2.55. The summed E-state index contributed by atoms with van der Waals surface area (Å²) >= 11 is 0. The summed E-state index contributed by atoms with van der Waals surface area (Å²) in [5.74, 6) is -0.780. The van der Waals surface area contributed by atoms with Crippen LogP contribution in [0.15, 0.2) is 18.2 Å². The molecule has 1 heterocycles. The Hall–Kier alpha value is -2.13. The molecule has 1 aromatic carbocycles. The summed E-state index contributed by atoms with van der Waals surface area (Å²) in [5, 5.41) is 0. The predicted octanol–water partition coefficient (Wildman–Crippen LogP) is 1.48. The van der Waals surface area contributed by atoms with Crippen LogP contribution in [0.5, 0.6) is 0 Å². The van der Waals surface area contributed by atoms with Crippen LogP contribution in [0.3, 0.4) is 0 Å². The molecule has 2 aromatic rings. The number of hydrogen-bond donors (Lipinski definition) is 1. The van der Waals surface area contributed by atoms with Gasteiger partial charge in [-0.3, -0.25) is 0 Å². The summed E-state index contributed by atoms with van der Waals surface area (Å²) in [7, 11) is -1.08. The third-order valence-corrected chi connectivity index (χ3v) is 4.98. The number of aromatic nitrogens is 2. The monoisotopic (exact) mass is 354 g/mol. The molecule has 9 heteroatoms. The summed E-state index contributed by atoms with van der Waals surface area (Å²) in [4.78, 5) is 16.4. The number of esters is 1. The summed E-state index contributed by atoms with van der Waals surface area (Å²) in [6, 6.07) is 4.64. The van der Waals surface area contributed by atoms with Gasteiger partial charge in [0, 0.05) is 14.1 Å². The molecule has 0 amide bonds. The van der Waals surface area contributed by atoms with Gasteiger partial charge < -0.3 is 10.5 Å². The van der Waals surface area contributed by atoms with Crippen LogP contribution in [0.25, 0.3) is 11.0 Å². The minimum absolute atomic E-state index is 0.177. The number of anilines is 1. The van der Waals surface area contributed by atoms with E-state index in [1.54, 1.807) is 12.1 Å². The first kappa shape index (κ1) is 18.2. The third kappa shape index (κ3) is 3.36. The van der Waals surface area contributed by atoms with Crippen LogP contribution in [0.2, 0.25) is 0 Å². The summed E-state index contributed by atoms with van der Waals surface area (Å²) in [6.45, 7) is 6.06. The maximum atomic E-state index is 12.4. The van der Waals surface area contributed by atoms with Crippen molar-refractivity contribution in [2.75, 3.05) is 26.4 Å². The van der Waals surface area contributed by atoms with Gasteiger partial charge in [0.05, 0.1) is 17.7 Å². The van der Waals surface area contributed by atoms with Crippen molar-refractivity contribution >= 4 is 33.2 Å². The Morgan fingerprint density at radius 1 is 1.33 bits per heavy atom. The number of nitrogens with zero attached hydrogens (tertiary/aromatic N) is 3. The van der Waals surface area contributed by atoms with Crippen molar-refractivity contribution in [2.45, 2.75) is 20.8 Å². The molecule has 0 unspecified atom stereocenters. The lowest BCUT2D eigenvalue weighted by Gasteiger charge is -2.17. The molecule has 2 N–H and O–H groups in total. The molecule has 0 aliphatic carbocycles. The van der Waals surface area contributed by atoms with E-state index in [9.17, 15) is 13.2 Å². The number of rotatable bonds is 4. The van der Waals surface area contributed by atoms with Crippen LogP contribution in [0, 0.1) is 5.41 Å². The van der Waals surface area contributed by atoms with Crippen molar-refractivity contribution in [2.24, 2.45) is 5.41 Å². The van der Waals surface area contributed by atoms with Crippen LogP contribution in [0.1, 0.15) is 31.1 Å². The van der Waals surface area contributed by atoms with Crippen molar-refractivity contribution in [1.82, 2.24) is 13.3 Å². The summed E-state index contributed by atoms with van der Waals surface area (Å²) in [6.07, 6.45) is 0. The van der Waals surface area contributed by atoms with Gasteiger partial charge in [-0.15, -0.1) is 0 Å².